The zero-order chi connectivity index (χ0) is 14.4. The van der Waals surface area contributed by atoms with Gasteiger partial charge < -0.3 is 9.47 Å². The van der Waals surface area contributed by atoms with Crippen LogP contribution in [0.4, 0.5) is 0 Å². The fourth-order valence-electron chi connectivity index (χ4n) is 3.28. The van der Waals surface area contributed by atoms with Crippen molar-refractivity contribution in [3.63, 3.8) is 0 Å². The number of hydrogen-bond donors (Lipinski definition) is 1. The van der Waals surface area contributed by atoms with Crippen LogP contribution in [0.3, 0.4) is 0 Å². The highest BCUT2D eigenvalue weighted by Gasteiger charge is 2.29. The molecule has 2 aliphatic rings. The minimum Gasteiger partial charge on any atom is -0.328 e. The Morgan fingerprint density at radius 1 is 1.19 bits per heavy atom. The summed E-state index contributed by atoms with van der Waals surface area (Å²) >= 11 is 0. The zero-order valence-electron chi connectivity index (χ0n) is 12.1. The number of aryl methyl sites for hydroxylation is 2. The van der Waals surface area contributed by atoms with Crippen molar-refractivity contribution < 1.29 is 4.79 Å². The van der Waals surface area contributed by atoms with Crippen LogP contribution >= 0.6 is 0 Å². The van der Waals surface area contributed by atoms with Gasteiger partial charge in [-0.05, 0) is 32.6 Å². The fraction of sp³-hybridized carbons (Fsp3) is 0.571. The fourth-order valence-corrected chi connectivity index (χ4v) is 3.28. The molecule has 0 spiro atoms. The first-order chi connectivity index (χ1) is 10.2. The van der Waals surface area contributed by atoms with Crippen molar-refractivity contribution in [3.8, 4) is 0 Å². The maximum absolute atomic E-state index is 12.7. The number of carbonyl (C=O) groups excluding carboxylic acids is 1. The molecule has 0 fully saturated rings. The van der Waals surface area contributed by atoms with Crippen molar-refractivity contribution in [1.29, 1.82) is 0 Å². The summed E-state index contributed by atoms with van der Waals surface area (Å²) in [7, 11) is 0. The van der Waals surface area contributed by atoms with E-state index in [-0.39, 0.29) is 5.91 Å². The van der Waals surface area contributed by atoms with Crippen LogP contribution in [0.1, 0.15) is 46.2 Å². The second-order valence-electron chi connectivity index (χ2n) is 5.78. The number of amides is 1. The molecule has 0 atom stereocenters. The summed E-state index contributed by atoms with van der Waals surface area (Å²) in [4.78, 5) is 14.6. The van der Waals surface area contributed by atoms with Gasteiger partial charge in [0.15, 0.2) is 11.5 Å². The Kier molecular flexibility index (Phi) is 2.80. The SMILES string of the molecule is Cc1nnc2n1CCN(C(=O)c1n[nH]c3c1CCCC3)C2. The van der Waals surface area contributed by atoms with Crippen molar-refractivity contribution in [2.75, 3.05) is 6.54 Å². The number of aromatic amines is 1. The van der Waals surface area contributed by atoms with Gasteiger partial charge in [-0.2, -0.15) is 5.10 Å². The molecule has 1 N–H and O–H groups in total. The second kappa shape index (κ2) is 4.68. The Morgan fingerprint density at radius 2 is 2.05 bits per heavy atom. The Morgan fingerprint density at radius 3 is 2.95 bits per heavy atom. The topological polar surface area (TPSA) is 79.7 Å². The predicted octanol–water partition coefficient (Wildman–Crippen LogP) is 0.844. The molecular formula is C14H18N6O. The normalized spacial score (nSPS) is 17.5. The molecule has 2 aromatic rings. The molecule has 7 heteroatoms. The van der Waals surface area contributed by atoms with Gasteiger partial charge in [0.25, 0.3) is 5.91 Å². The molecule has 110 valence electrons. The first-order valence-corrected chi connectivity index (χ1v) is 7.48. The number of fused-ring (bicyclic) bond motifs is 2. The third-order valence-corrected chi connectivity index (χ3v) is 4.48. The van der Waals surface area contributed by atoms with E-state index in [1.54, 1.807) is 0 Å². The summed E-state index contributed by atoms with van der Waals surface area (Å²) in [6.07, 6.45) is 4.27. The van der Waals surface area contributed by atoms with Crippen LogP contribution in [0.15, 0.2) is 0 Å². The number of rotatable bonds is 1. The summed E-state index contributed by atoms with van der Waals surface area (Å²) in [5, 5.41) is 15.5. The summed E-state index contributed by atoms with van der Waals surface area (Å²) in [6.45, 7) is 3.90. The van der Waals surface area contributed by atoms with Crippen LogP contribution in [-0.2, 0) is 25.9 Å². The lowest BCUT2D eigenvalue weighted by molar-refractivity contribution is 0.0699. The molecule has 0 unspecified atom stereocenters. The molecule has 0 radical (unpaired) electrons. The zero-order valence-corrected chi connectivity index (χ0v) is 12.1. The van der Waals surface area contributed by atoms with Crippen LogP contribution in [-0.4, -0.2) is 42.3 Å². The highest BCUT2D eigenvalue weighted by Crippen LogP contribution is 2.24. The van der Waals surface area contributed by atoms with E-state index < -0.39 is 0 Å². The van der Waals surface area contributed by atoms with Crippen molar-refractivity contribution in [2.45, 2.75) is 45.7 Å². The van der Waals surface area contributed by atoms with Crippen LogP contribution in [0.2, 0.25) is 0 Å². The largest absolute Gasteiger partial charge is 0.328 e. The van der Waals surface area contributed by atoms with E-state index in [4.69, 9.17) is 0 Å². The van der Waals surface area contributed by atoms with Crippen LogP contribution < -0.4 is 0 Å². The molecule has 1 amide bonds. The lowest BCUT2D eigenvalue weighted by Gasteiger charge is -2.27. The third kappa shape index (κ3) is 1.95. The van der Waals surface area contributed by atoms with Gasteiger partial charge in [-0.3, -0.25) is 9.89 Å². The maximum Gasteiger partial charge on any atom is 0.275 e. The number of nitrogens with one attached hydrogen (secondary N) is 1. The van der Waals surface area contributed by atoms with E-state index in [1.807, 2.05) is 11.8 Å². The molecular weight excluding hydrogens is 268 g/mol. The van der Waals surface area contributed by atoms with E-state index in [0.29, 0.717) is 18.8 Å². The molecule has 0 bridgehead atoms. The smallest absolute Gasteiger partial charge is 0.275 e. The lowest BCUT2D eigenvalue weighted by atomic mass is 9.95. The van der Waals surface area contributed by atoms with Crippen molar-refractivity contribution in [1.82, 2.24) is 29.9 Å². The average Bonchev–Trinajstić information content (AvgIpc) is 3.10. The highest BCUT2D eigenvalue weighted by molar-refractivity contribution is 5.94. The van der Waals surface area contributed by atoms with E-state index >= 15 is 0 Å². The van der Waals surface area contributed by atoms with E-state index in [1.165, 1.54) is 6.42 Å². The van der Waals surface area contributed by atoms with Crippen molar-refractivity contribution >= 4 is 5.91 Å². The first kappa shape index (κ1) is 12.6. The van der Waals surface area contributed by atoms with E-state index in [0.717, 1.165) is 48.7 Å². The summed E-state index contributed by atoms with van der Waals surface area (Å²) in [6, 6.07) is 0. The Labute approximate surface area is 122 Å². The molecule has 0 saturated carbocycles. The minimum atomic E-state index is 0.0151. The average molecular weight is 286 g/mol. The summed E-state index contributed by atoms with van der Waals surface area (Å²) in [5.74, 6) is 1.78. The van der Waals surface area contributed by atoms with Gasteiger partial charge in [0, 0.05) is 24.3 Å². The molecule has 0 aromatic carbocycles. The predicted molar refractivity (Wildman–Crippen MR) is 74.7 cm³/mol. The van der Waals surface area contributed by atoms with Crippen LogP contribution in [0.25, 0.3) is 0 Å². The number of nitrogens with zero attached hydrogens (tertiary/aromatic N) is 5. The summed E-state index contributed by atoms with van der Waals surface area (Å²) in [5.41, 5.74) is 2.87. The van der Waals surface area contributed by atoms with Gasteiger partial charge in [-0.15, -0.1) is 10.2 Å². The lowest BCUT2D eigenvalue weighted by Crippen LogP contribution is -2.39. The Balaban J connectivity index is 1.60. The quantitative estimate of drug-likeness (QED) is 0.842. The maximum atomic E-state index is 12.7. The van der Waals surface area contributed by atoms with E-state index in [9.17, 15) is 4.79 Å². The summed E-state index contributed by atoms with van der Waals surface area (Å²) < 4.78 is 2.07. The minimum absolute atomic E-state index is 0.0151. The molecule has 1 aliphatic carbocycles. The Bertz CT molecular complexity index is 700. The number of H-pyrrole nitrogens is 1. The van der Waals surface area contributed by atoms with Crippen molar-refractivity contribution in [3.05, 3.63) is 28.6 Å². The number of aromatic nitrogens is 5. The molecule has 4 rings (SSSR count). The Hall–Kier alpha value is -2.18. The van der Waals surface area contributed by atoms with Gasteiger partial charge in [0.05, 0.1) is 6.54 Å². The molecule has 3 heterocycles. The van der Waals surface area contributed by atoms with Gasteiger partial charge >= 0.3 is 0 Å². The molecule has 0 saturated heterocycles. The van der Waals surface area contributed by atoms with Gasteiger partial charge in [-0.25, -0.2) is 0 Å². The first-order valence-electron chi connectivity index (χ1n) is 7.48. The van der Waals surface area contributed by atoms with Crippen LogP contribution in [0, 0.1) is 6.92 Å². The van der Waals surface area contributed by atoms with Gasteiger partial charge in [0.1, 0.15) is 5.82 Å². The standard InChI is InChI=1S/C14H18N6O/c1-9-15-17-12-8-19(6-7-20(9)12)14(21)13-10-4-2-3-5-11(10)16-18-13/h2-8H2,1H3,(H,16,18). The number of hydrogen-bond acceptors (Lipinski definition) is 4. The molecule has 2 aromatic heterocycles. The molecule has 1 aliphatic heterocycles. The van der Waals surface area contributed by atoms with Crippen LogP contribution in [0.5, 0.6) is 0 Å². The second-order valence-corrected chi connectivity index (χ2v) is 5.78. The monoisotopic (exact) mass is 286 g/mol. The van der Waals surface area contributed by atoms with E-state index in [2.05, 4.69) is 25.0 Å². The number of carbonyl (C=O) groups is 1. The van der Waals surface area contributed by atoms with Gasteiger partial charge in [0.2, 0.25) is 0 Å². The molecule has 7 nitrogen and oxygen atoms in total. The third-order valence-electron chi connectivity index (χ3n) is 4.48. The van der Waals surface area contributed by atoms with Gasteiger partial charge in [-0.1, -0.05) is 0 Å². The van der Waals surface area contributed by atoms with Crippen molar-refractivity contribution in [2.24, 2.45) is 0 Å². The molecule has 21 heavy (non-hydrogen) atoms. The highest BCUT2D eigenvalue weighted by atomic mass is 16.2.